The first-order valence-corrected chi connectivity index (χ1v) is 10.8. The maximum Gasteiger partial charge on any atom is 0.251 e. The zero-order chi connectivity index (χ0) is 21.2. The lowest BCUT2D eigenvalue weighted by atomic mass is 9.96. The summed E-state index contributed by atoms with van der Waals surface area (Å²) in [5.41, 5.74) is 0.536. The van der Waals surface area contributed by atoms with E-state index in [0.29, 0.717) is 38.0 Å². The van der Waals surface area contributed by atoms with Crippen molar-refractivity contribution in [3.8, 4) is 0 Å². The molecule has 2 fully saturated rings. The van der Waals surface area contributed by atoms with E-state index >= 15 is 0 Å². The summed E-state index contributed by atoms with van der Waals surface area (Å²) >= 11 is 0. The Morgan fingerprint density at radius 2 is 1.67 bits per heavy atom. The van der Waals surface area contributed by atoms with E-state index < -0.39 is 0 Å². The Bertz CT molecular complexity index is 698. The number of hydrogen-bond donors (Lipinski definition) is 2. The van der Waals surface area contributed by atoms with E-state index in [9.17, 15) is 14.4 Å². The van der Waals surface area contributed by atoms with E-state index in [-0.39, 0.29) is 30.2 Å². The number of carbonyl (C=O) groups is 3. The maximum absolute atomic E-state index is 12.4. The molecule has 0 saturated carbocycles. The third-order valence-corrected chi connectivity index (χ3v) is 5.71. The predicted molar refractivity (Wildman–Crippen MR) is 113 cm³/mol. The van der Waals surface area contributed by atoms with Crippen LogP contribution in [0.1, 0.15) is 29.6 Å². The lowest BCUT2D eigenvalue weighted by Gasteiger charge is -2.31. The van der Waals surface area contributed by atoms with E-state index in [1.54, 1.807) is 29.2 Å². The Kier molecular flexibility index (Phi) is 8.65. The van der Waals surface area contributed by atoms with Crippen molar-refractivity contribution in [3.63, 3.8) is 0 Å². The van der Waals surface area contributed by atoms with Crippen molar-refractivity contribution in [1.29, 1.82) is 0 Å². The molecule has 0 bridgehead atoms. The fraction of sp³-hybridized carbons (Fsp3) is 0.591. The Morgan fingerprint density at radius 1 is 0.967 bits per heavy atom. The monoisotopic (exact) mass is 416 g/mol. The van der Waals surface area contributed by atoms with Crippen LogP contribution in [0.25, 0.3) is 0 Å². The number of rotatable bonds is 8. The highest BCUT2D eigenvalue weighted by Gasteiger charge is 2.27. The number of benzene rings is 1. The molecule has 0 unspecified atom stereocenters. The second-order valence-electron chi connectivity index (χ2n) is 7.80. The van der Waals surface area contributed by atoms with E-state index in [0.717, 1.165) is 39.3 Å². The molecule has 164 valence electrons. The standard InChI is InChI=1S/C22H32N4O4/c27-20(17-24-22(29)18-5-2-1-3-6-18)26-11-7-19(8-12-26)21(28)23-9-4-10-25-13-15-30-16-14-25/h1-3,5-6,19H,4,7-17H2,(H,23,28)(H,24,29). The summed E-state index contributed by atoms with van der Waals surface area (Å²) in [4.78, 5) is 40.9. The molecular formula is C22H32N4O4. The predicted octanol–water partition coefficient (Wildman–Crippen LogP) is 0.494. The van der Waals surface area contributed by atoms with E-state index in [1.807, 2.05) is 6.07 Å². The van der Waals surface area contributed by atoms with Gasteiger partial charge in [0, 0.05) is 44.2 Å². The molecule has 30 heavy (non-hydrogen) atoms. The smallest absolute Gasteiger partial charge is 0.251 e. The van der Waals surface area contributed by atoms with Crippen LogP contribution in [-0.2, 0) is 14.3 Å². The number of piperidine rings is 1. The Morgan fingerprint density at radius 3 is 2.37 bits per heavy atom. The highest BCUT2D eigenvalue weighted by Crippen LogP contribution is 2.17. The van der Waals surface area contributed by atoms with Crippen LogP contribution in [-0.4, -0.2) is 86.5 Å². The topological polar surface area (TPSA) is 91.0 Å². The number of nitrogens with zero attached hydrogens (tertiary/aromatic N) is 2. The van der Waals surface area contributed by atoms with Crippen LogP contribution in [0.4, 0.5) is 0 Å². The molecule has 2 saturated heterocycles. The SMILES string of the molecule is O=C(NCC(=O)N1CCC(C(=O)NCCCN2CCOCC2)CC1)c1ccccc1. The van der Waals surface area contributed by atoms with Crippen LogP contribution in [0, 0.1) is 5.92 Å². The molecule has 8 heteroatoms. The van der Waals surface area contributed by atoms with Crippen molar-refractivity contribution in [1.82, 2.24) is 20.4 Å². The summed E-state index contributed by atoms with van der Waals surface area (Å²) in [7, 11) is 0. The molecule has 8 nitrogen and oxygen atoms in total. The first-order valence-electron chi connectivity index (χ1n) is 10.8. The molecule has 1 aromatic carbocycles. The van der Waals surface area contributed by atoms with Crippen molar-refractivity contribution in [2.24, 2.45) is 5.92 Å². The molecule has 0 aromatic heterocycles. The lowest BCUT2D eigenvalue weighted by molar-refractivity contribution is -0.134. The van der Waals surface area contributed by atoms with Crippen molar-refractivity contribution in [3.05, 3.63) is 35.9 Å². The van der Waals surface area contributed by atoms with Crippen LogP contribution < -0.4 is 10.6 Å². The number of hydrogen-bond acceptors (Lipinski definition) is 5. The Balaban J connectivity index is 1.29. The molecule has 3 amide bonds. The van der Waals surface area contributed by atoms with Gasteiger partial charge in [-0.1, -0.05) is 18.2 Å². The zero-order valence-corrected chi connectivity index (χ0v) is 17.5. The van der Waals surface area contributed by atoms with Crippen molar-refractivity contribution < 1.29 is 19.1 Å². The van der Waals surface area contributed by atoms with Crippen molar-refractivity contribution in [2.75, 3.05) is 59.0 Å². The summed E-state index contributed by atoms with van der Waals surface area (Å²) < 4.78 is 5.34. The van der Waals surface area contributed by atoms with Gasteiger partial charge in [-0.3, -0.25) is 19.3 Å². The summed E-state index contributed by atoms with van der Waals surface area (Å²) in [6, 6.07) is 8.84. The van der Waals surface area contributed by atoms with Gasteiger partial charge in [0.1, 0.15) is 0 Å². The van der Waals surface area contributed by atoms with Gasteiger partial charge in [-0.25, -0.2) is 0 Å². The molecular weight excluding hydrogens is 384 g/mol. The van der Waals surface area contributed by atoms with Gasteiger partial charge in [-0.15, -0.1) is 0 Å². The summed E-state index contributed by atoms with van der Waals surface area (Å²) in [6.07, 6.45) is 2.26. The normalized spacial score (nSPS) is 18.1. The molecule has 0 aliphatic carbocycles. The van der Waals surface area contributed by atoms with Gasteiger partial charge in [0.2, 0.25) is 11.8 Å². The Hall–Kier alpha value is -2.45. The second-order valence-corrected chi connectivity index (χ2v) is 7.80. The van der Waals surface area contributed by atoms with E-state index in [4.69, 9.17) is 4.74 Å². The molecule has 2 N–H and O–H groups in total. The molecule has 2 heterocycles. The van der Waals surface area contributed by atoms with Crippen molar-refractivity contribution in [2.45, 2.75) is 19.3 Å². The fourth-order valence-corrected chi connectivity index (χ4v) is 3.83. The summed E-state index contributed by atoms with van der Waals surface area (Å²) in [5.74, 6) is -0.322. The third-order valence-electron chi connectivity index (χ3n) is 5.71. The number of amides is 3. The first kappa shape index (κ1) is 22.2. The molecule has 3 rings (SSSR count). The molecule has 2 aliphatic rings. The summed E-state index contributed by atoms with van der Waals surface area (Å²) in [6.45, 7) is 6.24. The third kappa shape index (κ3) is 6.81. The van der Waals surface area contributed by atoms with Gasteiger partial charge in [0.05, 0.1) is 19.8 Å². The highest BCUT2D eigenvalue weighted by atomic mass is 16.5. The van der Waals surface area contributed by atoms with Gasteiger partial charge in [-0.2, -0.15) is 0 Å². The fourth-order valence-electron chi connectivity index (χ4n) is 3.83. The van der Waals surface area contributed by atoms with E-state index in [2.05, 4.69) is 15.5 Å². The molecule has 2 aliphatic heterocycles. The first-order chi connectivity index (χ1) is 14.6. The average Bonchev–Trinajstić information content (AvgIpc) is 2.81. The minimum Gasteiger partial charge on any atom is -0.379 e. The van der Waals surface area contributed by atoms with Crippen LogP contribution in [0.15, 0.2) is 30.3 Å². The van der Waals surface area contributed by atoms with Crippen LogP contribution >= 0.6 is 0 Å². The quantitative estimate of drug-likeness (QED) is 0.602. The molecule has 0 atom stereocenters. The second kappa shape index (κ2) is 11.7. The maximum atomic E-state index is 12.4. The lowest BCUT2D eigenvalue weighted by Crippen LogP contribution is -2.46. The number of morpholine rings is 1. The largest absolute Gasteiger partial charge is 0.379 e. The van der Waals surface area contributed by atoms with Crippen molar-refractivity contribution >= 4 is 17.7 Å². The number of ether oxygens (including phenoxy) is 1. The molecule has 0 spiro atoms. The number of nitrogens with one attached hydrogen (secondary N) is 2. The highest BCUT2D eigenvalue weighted by molar-refractivity contribution is 5.96. The van der Waals surface area contributed by atoms with Gasteiger partial charge in [0.15, 0.2) is 0 Å². The average molecular weight is 417 g/mol. The Labute approximate surface area is 177 Å². The van der Waals surface area contributed by atoms with Gasteiger partial charge in [-0.05, 0) is 37.9 Å². The van der Waals surface area contributed by atoms with E-state index in [1.165, 1.54) is 0 Å². The van der Waals surface area contributed by atoms with Gasteiger partial charge < -0.3 is 20.3 Å². The van der Waals surface area contributed by atoms with Crippen LogP contribution in [0.3, 0.4) is 0 Å². The zero-order valence-electron chi connectivity index (χ0n) is 17.5. The minimum absolute atomic E-state index is 0.0217. The minimum atomic E-state index is -0.254. The molecule has 1 aromatic rings. The van der Waals surface area contributed by atoms with Crippen LogP contribution in [0.5, 0.6) is 0 Å². The summed E-state index contributed by atoms with van der Waals surface area (Å²) in [5, 5.41) is 5.71. The number of carbonyl (C=O) groups excluding carboxylic acids is 3. The van der Waals surface area contributed by atoms with Gasteiger partial charge in [0.25, 0.3) is 5.91 Å². The molecule has 0 radical (unpaired) electrons. The number of likely N-dealkylation sites (tertiary alicyclic amines) is 1. The van der Waals surface area contributed by atoms with Gasteiger partial charge >= 0.3 is 0 Å². The van der Waals surface area contributed by atoms with Crippen LogP contribution in [0.2, 0.25) is 0 Å².